The molecule has 0 spiro atoms. The molecule has 5 heteroatoms. The van der Waals surface area contributed by atoms with Crippen LogP contribution in [-0.2, 0) is 10.0 Å². The van der Waals surface area contributed by atoms with Gasteiger partial charge in [0.1, 0.15) is 0 Å². The summed E-state index contributed by atoms with van der Waals surface area (Å²) >= 11 is 3.23. The van der Waals surface area contributed by atoms with Gasteiger partial charge in [-0.1, -0.05) is 15.9 Å². The fourth-order valence-corrected chi connectivity index (χ4v) is 2.23. The zero-order valence-electron chi connectivity index (χ0n) is 7.04. The first-order chi connectivity index (χ1) is 4.95. The van der Waals surface area contributed by atoms with Crippen molar-refractivity contribution in [2.24, 2.45) is 0 Å². The van der Waals surface area contributed by atoms with Gasteiger partial charge in [0.15, 0.2) is 0 Å². The van der Waals surface area contributed by atoms with Gasteiger partial charge in [-0.05, 0) is 13.8 Å². The van der Waals surface area contributed by atoms with Crippen LogP contribution in [0, 0.1) is 0 Å². The van der Waals surface area contributed by atoms with Gasteiger partial charge in [0.25, 0.3) is 0 Å². The second kappa shape index (κ2) is 4.42. The molecule has 3 nitrogen and oxygen atoms in total. The molecule has 0 aromatic carbocycles. The quantitative estimate of drug-likeness (QED) is 0.693. The van der Waals surface area contributed by atoms with Gasteiger partial charge < -0.3 is 0 Å². The van der Waals surface area contributed by atoms with Gasteiger partial charge in [0.2, 0.25) is 10.0 Å². The third kappa shape index (κ3) is 3.09. The maximum atomic E-state index is 11.2. The number of alkyl halides is 1. The molecule has 11 heavy (non-hydrogen) atoms. The Balaban J connectivity index is 4.36. The molecular formula is C6H14BrNO2S. The molecule has 0 aromatic heterocycles. The summed E-state index contributed by atoms with van der Waals surface area (Å²) in [6.07, 6.45) is 0. The summed E-state index contributed by atoms with van der Waals surface area (Å²) in [6, 6.07) is 0.0277. The highest BCUT2D eigenvalue weighted by atomic mass is 79.9. The van der Waals surface area contributed by atoms with Crippen molar-refractivity contribution < 1.29 is 8.42 Å². The molecule has 0 saturated heterocycles. The Morgan fingerprint density at radius 1 is 1.55 bits per heavy atom. The molecule has 0 saturated carbocycles. The van der Waals surface area contributed by atoms with Crippen LogP contribution in [0.3, 0.4) is 0 Å². The molecule has 0 heterocycles. The Morgan fingerprint density at radius 2 is 2.00 bits per heavy atom. The Labute approximate surface area is 77.0 Å². The van der Waals surface area contributed by atoms with Gasteiger partial charge >= 0.3 is 0 Å². The third-order valence-electron chi connectivity index (χ3n) is 1.65. The summed E-state index contributed by atoms with van der Waals surface area (Å²) in [7, 11) is -1.40. The maximum Gasteiger partial charge on any atom is 0.213 e. The second-order valence-electron chi connectivity index (χ2n) is 2.42. The van der Waals surface area contributed by atoms with E-state index in [0.717, 1.165) is 0 Å². The molecule has 0 rings (SSSR count). The van der Waals surface area contributed by atoms with Gasteiger partial charge in [-0.15, -0.1) is 0 Å². The van der Waals surface area contributed by atoms with Crippen LogP contribution >= 0.6 is 15.9 Å². The van der Waals surface area contributed by atoms with Crippen molar-refractivity contribution in [2.45, 2.75) is 19.9 Å². The normalized spacial score (nSPS) is 15.4. The molecule has 0 aromatic rings. The number of hydrogen-bond donors (Lipinski definition) is 0. The van der Waals surface area contributed by atoms with Gasteiger partial charge in [0.05, 0.1) is 5.75 Å². The minimum atomic E-state index is -3.01. The lowest BCUT2D eigenvalue weighted by molar-refractivity contribution is 0.417. The van der Waals surface area contributed by atoms with Gasteiger partial charge in [-0.2, -0.15) is 0 Å². The highest BCUT2D eigenvalue weighted by Crippen LogP contribution is 2.06. The Bertz CT molecular complexity index is 203. The van der Waals surface area contributed by atoms with E-state index >= 15 is 0 Å². The van der Waals surface area contributed by atoms with Crippen LogP contribution in [-0.4, -0.2) is 36.9 Å². The average molecular weight is 244 g/mol. The summed E-state index contributed by atoms with van der Waals surface area (Å²) in [4.78, 5) is 0. The van der Waals surface area contributed by atoms with Crippen molar-refractivity contribution in [1.82, 2.24) is 4.31 Å². The molecule has 0 radical (unpaired) electrons. The molecule has 0 N–H and O–H groups in total. The van der Waals surface area contributed by atoms with Crippen LogP contribution in [0.25, 0.3) is 0 Å². The number of hydrogen-bond acceptors (Lipinski definition) is 2. The Hall–Kier alpha value is 0.390. The first-order valence-corrected chi connectivity index (χ1v) is 6.20. The minimum Gasteiger partial charge on any atom is -0.212 e. The SMILES string of the molecule is CCS(=O)(=O)N(C)C(C)CBr. The van der Waals surface area contributed by atoms with Gasteiger partial charge in [-0.3, -0.25) is 0 Å². The van der Waals surface area contributed by atoms with E-state index in [-0.39, 0.29) is 11.8 Å². The average Bonchev–Trinajstić information content (AvgIpc) is 2.01. The first-order valence-electron chi connectivity index (χ1n) is 3.47. The van der Waals surface area contributed by atoms with Crippen molar-refractivity contribution in [3.8, 4) is 0 Å². The minimum absolute atomic E-state index is 0.0277. The molecule has 0 aliphatic rings. The van der Waals surface area contributed by atoms with Crippen molar-refractivity contribution in [3.63, 3.8) is 0 Å². The Kier molecular flexibility index (Phi) is 4.58. The topological polar surface area (TPSA) is 37.4 Å². The molecule has 0 bridgehead atoms. The Morgan fingerprint density at radius 3 is 2.27 bits per heavy atom. The van der Waals surface area contributed by atoms with Crippen LogP contribution < -0.4 is 0 Å². The number of nitrogens with zero attached hydrogens (tertiary/aromatic N) is 1. The zero-order chi connectivity index (χ0) is 9.07. The van der Waals surface area contributed by atoms with Crippen molar-refractivity contribution in [1.29, 1.82) is 0 Å². The zero-order valence-corrected chi connectivity index (χ0v) is 9.44. The summed E-state index contributed by atoms with van der Waals surface area (Å²) in [5, 5.41) is 0.669. The maximum absolute atomic E-state index is 11.2. The molecule has 0 aliphatic heterocycles. The van der Waals surface area contributed by atoms with E-state index < -0.39 is 10.0 Å². The number of sulfonamides is 1. The molecule has 1 atom stereocenters. The fraction of sp³-hybridized carbons (Fsp3) is 1.00. The summed E-state index contributed by atoms with van der Waals surface area (Å²) in [5.41, 5.74) is 0. The van der Waals surface area contributed by atoms with E-state index in [9.17, 15) is 8.42 Å². The van der Waals surface area contributed by atoms with E-state index in [0.29, 0.717) is 5.33 Å². The summed E-state index contributed by atoms with van der Waals surface area (Å²) in [6.45, 7) is 3.51. The summed E-state index contributed by atoms with van der Waals surface area (Å²) in [5.74, 6) is 0.167. The molecule has 0 amide bonds. The molecule has 68 valence electrons. The van der Waals surface area contributed by atoms with Crippen LogP contribution in [0.1, 0.15) is 13.8 Å². The van der Waals surface area contributed by atoms with Gasteiger partial charge in [0, 0.05) is 18.4 Å². The number of halogens is 1. The third-order valence-corrected chi connectivity index (χ3v) is 4.55. The van der Waals surface area contributed by atoms with Crippen molar-refractivity contribution in [3.05, 3.63) is 0 Å². The first kappa shape index (κ1) is 11.4. The molecule has 0 fully saturated rings. The largest absolute Gasteiger partial charge is 0.213 e. The van der Waals surface area contributed by atoms with E-state index in [1.165, 1.54) is 4.31 Å². The lowest BCUT2D eigenvalue weighted by atomic mass is 10.4. The van der Waals surface area contributed by atoms with Crippen molar-refractivity contribution in [2.75, 3.05) is 18.1 Å². The van der Waals surface area contributed by atoms with Crippen LogP contribution in [0.2, 0.25) is 0 Å². The lowest BCUT2D eigenvalue weighted by Gasteiger charge is -2.21. The van der Waals surface area contributed by atoms with Crippen molar-refractivity contribution >= 4 is 26.0 Å². The van der Waals surface area contributed by atoms with E-state index in [4.69, 9.17) is 0 Å². The van der Waals surface area contributed by atoms with Crippen LogP contribution in [0.4, 0.5) is 0 Å². The van der Waals surface area contributed by atoms with Crippen LogP contribution in [0.15, 0.2) is 0 Å². The molecule has 0 aliphatic carbocycles. The smallest absolute Gasteiger partial charge is 0.212 e. The fourth-order valence-electron chi connectivity index (χ4n) is 0.575. The predicted octanol–water partition coefficient (Wildman–Crippen LogP) is 1.05. The second-order valence-corrected chi connectivity index (χ2v) is 5.38. The summed E-state index contributed by atoms with van der Waals surface area (Å²) < 4.78 is 23.8. The lowest BCUT2D eigenvalue weighted by Crippen LogP contribution is -2.36. The van der Waals surface area contributed by atoms with Gasteiger partial charge in [-0.25, -0.2) is 12.7 Å². The number of rotatable bonds is 4. The monoisotopic (exact) mass is 243 g/mol. The highest BCUT2D eigenvalue weighted by molar-refractivity contribution is 9.09. The predicted molar refractivity (Wildman–Crippen MR) is 50.5 cm³/mol. The standard InChI is InChI=1S/C6H14BrNO2S/c1-4-11(9,10)8(3)6(2)5-7/h6H,4-5H2,1-3H3. The van der Waals surface area contributed by atoms with E-state index in [2.05, 4.69) is 15.9 Å². The van der Waals surface area contributed by atoms with E-state index in [1.807, 2.05) is 6.92 Å². The highest BCUT2D eigenvalue weighted by Gasteiger charge is 2.19. The molecular weight excluding hydrogens is 230 g/mol. The molecule has 1 unspecified atom stereocenters. The van der Waals surface area contributed by atoms with Crippen LogP contribution in [0.5, 0.6) is 0 Å². The van der Waals surface area contributed by atoms with E-state index in [1.54, 1.807) is 14.0 Å².